The highest BCUT2D eigenvalue weighted by molar-refractivity contribution is 5.96. The number of rotatable bonds is 5. The first-order chi connectivity index (χ1) is 15.5. The van der Waals surface area contributed by atoms with E-state index in [0.717, 1.165) is 52.4 Å². The molecule has 8 heteroatoms. The average molecular weight is 439 g/mol. The molecule has 0 unspecified atom stereocenters. The summed E-state index contributed by atoms with van der Waals surface area (Å²) in [6, 6.07) is 2.13. The van der Waals surface area contributed by atoms with Gasteiger partial charge in [-0.3, -0.25) is 4.79 Å². The molecule has 0 spiro atoms. The van der Waals surface area contributed by atoms with Crippen LogP contribution in [-0.2, 0) is 9.53 Å². The minimum atomic E-state index is 0.130. The standard InChI is InChI=1S/C22H28N6O2.C2H6/c1-5-20(29)28(17-6-8-30-9-7-17)21-15(3)11-23-22(16(21)4)26-18-12-27-19(10-14(18)2)24-13-25-27;1-2/h10-13,17H,5-9H2,1-4H3,(H,23,26);1-2H3. The first-order valence-corrected chi connectivity index (χ1v) is 11.4. The molecule has 172 valence electrons. The van der Waals surface area contributed by atoms with Gasteiger partial charge in [0.15, 0.2) is 5.65 Å². The lowest BCUT2D eigenvalue weighted by Crippen LogP contribution is -2.44. The molecule has 1 saturated heterocycles. The first-order valence-electron chi connectivity index (χ1n) is 11.4. The molecule has 0 aromatic carbocycles. The summed E-state index contributed by atoms with van der Waals surface area (Å²) in [4.78, 5) is 23.8. The lowest BCUT2D eigenvalue weighted by Gasteiger charge is -2.36. The van der Waals surface area contributed by atoms with Crippen molar-refractivity contribution in [1.82, 2.24) is 19.6 Å². The number of pyridine rings is 2. The third-order valence-corrected chi connectivity index (χ3v) is 5.71. The molecule has 3 aromatic heterocycles. The van der Waals surface area contributed by atoms with Crippen LogP contribution in [0.15, 0.2) is 24.8 Å². The van der Waals surface area contributed by atoms with Gasteiger partial charge < -0.3 is 15.0 Å². The number of carbonyl (C=O) groups excluding carboxylic acids is 1. The molecule has 1 aliphatic rings. The Balaban J connectivity index is 0.00000141. The summed E-state index contributed by atoms with van der Waals surface area (Å²) in [5.74, 6) is 0.865. The van der Waals surface area contributed by atoms with Crippen LogP contribution in [0.5, 0.6) is 0 Å². The van der Waals surface area contributed by atoms with Crippen LogP contribution in [-0.4, -0.2) is 44.7 Å². The summed E-state index contributed by atoms with van der Waals surface area (Å²) < 4.78 is 7.26. The molecule has 0 atom stereocenters. The van der Waals surface area contributed by atoms with Gasteiger partial charge in [-0.05, 0) is 50.8 Å². The van der Waals surface area contributed by atoms with Crippen molar-refractivity contribution < 1.29 is 9.53 Å². The van der Waals surface area contributed by atoms with Crippen LogP contribution in [0, 0.1) is 20.8 Å². The maximum atomic E-state index is 13.0. The van der Waals surface area contributed by atoms with Gasteiger partial charge in [0, 0.05) is 37.4 Å². The fourth-order valence-corrected chi connectivity index (χ4v) is 4.06. The molecule has 0 saturated carbocycles. The van der Waals surface area contributed by atoms with Crippen LogP contribution in [0.25, 0.3) is 5.65 Å². The average Bonchev–Trinajstić information content (AvgIpc) is 3.27. The van der Waals surface area contributed by atoms with Crippen LogP contribution in [0.4, 0.5) is 17.2 Å². The van der Waals surface area contributed by atoms with E-state index in [0.29, 0.717) is 19.6 Å². The van der Waals surface area contributed by atoms with Crippen LogP contribution in [0.2, 0.25) is 0 Å². The topological polar surface area (TPSA) is 84.7 Å². The third kappa shape index (κ3) is 4.75. The van der Waals surface area contributed by atoms with E-state index < -0.39 is 0 Å². The molecule has 4 heterocycles. The van der Waals surface area contributed by atoms with Crippen molar-refractivity contribution in [2.24, 2.45) is 0 Å². The van der Waals surface area contributed by atoms with Crippen LogP contribution >= 0.6 is 0 Å². The van der Waals surface area contributed by atoms with Crippen molar-refractivity contribution in [2.45, 2.75) is 66.8 Å². The zero-order chi connectivity index (χ0) is 23.3. The Hall–Kier alpha value is -3.00. The Morgan fingerprint density at radius 1 is 1.19 bits per heavy atom. The number of hydrogen-bond acceptors (Lipinski definition) is 6. The molecule has 0 bridgehead atoms. The van der Waals surface area contributed by atoms with Crippen molar-refractivity contribution in [3.63, 3.8) is 0 Å². The predicted octanol–water partition coefficient (Wildman–Crippen LogP) is 4.74. The number of hydrogen-bond donors (Lipinski definition) is 1. The van der Waals surface area contributed by atoms with E-state index in [2.05, 4.69) is 20.4 Å². The molecule has 1 N–H and O–H groups in total. The minimum absolute atomic E-state index is 0.130. The van der Waals surface area contributed by atoms with E-state index in [1.807, 2.05) is 64.9 Å². The van der Waals surface area contributed by atoms with E-state index >= 15 is 0 Å². The molecule has 1 aliphatic heterocycles. The monoisotopic (exact) mass is 438 g/mol. The second-order valence-electron chi connectivity index (χ2n) is 7.78. The summed E-state index contributed by atoms with van der Waals surface area (Å²) in [5.41, 5.74) is 5.65. The van der Waals surface area contributed by atoms with Crippen molar-refractivity contribution in [1.29, 1.82) is 0 Å². The second kappa shape index (κ2) is 10.5. The number of fused-ring (bicyclic) bond motifs is 1. The molecule has 4 rings (SSSR count). The SMILES string of the molecule is CC.CCC(=O)N(c1c(C)cnc(Nc2cn3ncnc3cc2C)c1C)C1CCOCC1. The fraction of sp³-hybridized carbons (Fsp3) is 0.500. The summed E-state index contributed by atoms with van der Waals surface area (Å²) in [7, 11) is 0. The summed E-state index contributed by atoms with van der Waals surface area (Å²) in [5, 5.41) is 7.66. The Labute approximate surface area is 190 Å². The van der Waals surface area contributed by atoms with Crippen LogP contribution < -0.4 is 10.2 Å². The van der Waals surface area contributed by atoms with E-state index in [4.69, 9.17) is 4.74 Å². The van der Waals surface area contributed by atoms with Crippen molar-refractivity contribution in [2.75, 3.05) is 23.4 Å². The third-order valence-electron chi connectivity index (χ3n) is 5.71. The molecule has 8 nitrogen and oxygen atoms in total. The van der Waals surface area contributed by atoms with Gasteiger partial charge in [-0.25, -0.2) is 14.5 Å². The molecule has 3 aromatic rings. The van der Waals surface area contributed by atoms with Gasteiger partial charge >= 0.3 is 0 Å². The second-order valence-corrected chi connectivity index (χ2v) is 7.78. The predicted molar refractivity (Wildman–Crippen MR) is 128 cm³/mol. The molecule has 0 aliphatic carbocycles. The van der Waals surface area contributed by atoms with E-state index in [1.165, 1.54) is 6.33 Å². The Morgan fingerprint density at radius 2 is 1.91 bits per heavy atom. The number of aryl methyl sites for hydroxylation is 2. The van der Waals surface area contributed by atoms with E-state index in [-0.39, 0.29) is 11.9 Å². The highest BCUT2D eigenvalue weighted by atomic mass is 16.5. The van der Waals surface area contributed by atoms with Gasteiger partial charge in [0.05, 0.1) is 17.6 Å². The summed E-state index contributed by atoms with van der Waals surface area (Å²) >= 11 is 0. The minimum Gasteiger partial charge on any atom is -0.381 e. The van der Waals surface area contributed by atoms with Gasteiger partial charge in [0.25, 0.3) is 0 Å². The van der Waals surface area contributed by atoms with E-state index in [9.17, 15) is 4.79 Å². The van der Waals surface area contributed by atoms with Gasteiger partial charge in [-0.2, -0.15) is 5.10 Å². The number of carbonyl (C=O) groups is 1. The fourth-order valence-electron chi connectivity index (χ4n) is 4.06. The molecular weight excluding hydrogens is 404 g/mol. The van der Waals surface area contributed by atoms with Crippen molar-refractivity contribution >= 4 is 28.7 Å². The largest absolute Gasteiger partial charge is 0.381 e. The zero-order valence-electron chi connectivity index (χ0n) is 20.0. The Bertz CT molecular complexity index is 1070. The van der Waals surface area contributed by atoms with Crippen LogP contribution in [0.1, 0.15) is 56.7 Å². The van der Waals surface area contributed by atoms with Crippen molar-refractivity contribution in [3.05, 3.63) is 41.5 Å². The van der Waals surface area contributed by atoms with E-state index in [1.54, 1.807) is 4.52 Å². The normalized spacial score (nSPS) is 14.1. The number of aromatic nitrogens is 4. The number of amides is 1. The number of nitrogens with one attached hydrogen (secondary N) is 1. The van der Waals surface area contributed by atoms with Crippen molar-refractivity contribution in [3.8, 4) is 0 Å². The number of anilines is 3. The zero-order valence-corrected chi connectivity index (χ0v) is 20.0. The lowest BCUT2D eigenvalue weighted by molar-refractivity contribution is -0.119. The smallest absolute Gasteiger partial charge is 0.226 e. The van der Waals surface area contributed by atoms with Gasteiger partial charge in [0.2, 0.25) is 5.91 Å². The number of nitrogens with zero attached hydrogens (tertiary/aromatic N) is 5. The highest BCUT2D eigenvalue weighted by Crippen LogP contribution is 2.34. The molecule has 0 radical (unpaired) electrons. The molecule has 1 fully saturated rings. The van der Waals surface area contributed by atoms with Crippen LogP contribution in [0.3, 0.4) is 0 Å². The molecule has 1 amide bonds. The Kier molecular flexibility index (Phi) is 7.80. The lowest BCUT2D eigenvalue weighted by atomic mass is 10.0. The molecular formula is C24H34N6O2. The first kappa shape index (κ1) is 23.7. The maximum absolute atomic E-state index is 13.0. The maximum Gasteiger partial charge on any atom is 0.226 e. The van der Waals surface area contributed by atoms with Gasteiger partial charge in [-0.1, -0.05) is 20.8 Å². The summed E-state index contributed by atoms with van der Waals surface area (Å²) in [6.45, 7) is 13.3. The highest BCUT2D eigenvalue weighted by Gasteiger charge is 2.29. The van der Waals surface area contributed by atoms with Gasteiger partial charge in [0.1, 0.15) is 12.1 Å². The molecule has 32 heavy (non-hydrogen) atoms. The summed E-state index contributed by atoms with van der Waals surface area (Å²) in [6.07, 6.45) is 7.43. The van der Waals surface area contributed by atoms with Gasteiger partial charge in [-0.15, -0.1) is 0 Å². The number of ether oxygens (including phenoxy) is 1. The quantitative estimate of drug-likeness (QED) is 0.619. The Morgan fingerprint density at radius 3 is 2.59 bits per heavy atom.